The molecular formula is C11H21N3O. The van der Waals surface area contributed by atoms with Gasteiger partial charge in [0.05, 0.1) is 0 Å². The van der Waals surface area contributed by atoms with Crippen LogP contribution >= 0.6 is 0 Å². The number of carbonyl (C=O) groups excluding carboxylic acids is 1. The van der Waals surface area contributed by atoms with Crippen LogP contribution in [0.3, 0.4) is 0 Å². The normalized spacial score (nSPS) is 29.3. The fourth-order valence-electron chi connectivity index (χ4n) is 2.51. The maximum absolute atomic E-state index is 11.7. The minimum atomic E-state index is 0.137. The van der Waals surface area contributed by atoms with Crippen molar-refractivity contribution in [2.45, 2.75) is 19.8 Å². The molecule has 2 aliphatic heterocycles. The molecule has 2 saturated heterocycles. The molecule has 0 radical (unpaired) electrons. The lowest BCUT2D eigenvalue weighted by Crippen LogP contribution is -2.40. The summed E-state index contributed by atoms with van der Waals surface area (Å²) in [6, 6.07) is 0.137. The summed E-state index contributed by atoms with van der Waals surface area (Å²) in [6.07, 6.45) is 2.21. The lowest BCUT2D eigenvalue weighted by Gasteiger charge is -2.18. The van der Waals surface area contributed by atoms with Crippen LogP contribution in [0.4, 0.5) is 4.79 Å². The van der Waals surface area contributed by atoms with E-state index >= 15 is 0 Å². The maximum Gasteiger partial charge on any atom is 0.317 e. The number of carbonyl (C=O) groups is 1. The molecule has 2 aliphatic rings. The Labute approximate surface area is 91.4 Å². The Morgan fingerprint density at radius 1 is 1.40 bits per heavy atom. The van der Waals surface area contributed by atoms with E-state index in [4.69, 9.17) is 0 Å². The lowest BCUT2D eigenvalue weighted by molar-refractivity contribution is 0.205. The third-order valence-corrected chi connectivity index (χ3v) is 3.48. The molecule has 2 rings (SSSR count). The van der Waals surface area contributed by atoms with Gasteiger partial charge in [0.2, 0.25) is 0 Å². The van der Waals surface area contributed by atoms with Gasteiger partial charge in [-0.3, -0.25) is 0 Å². The Balaban J connectivity index is 1.73. The predicted molar refractivity (Wildman–Crippen MR) is 59.7 cm³/mol. The van der Waals surface area contributed by atoms with Gasteiger partial charge in [-0.25, -0.2) is 4.79 Å². The highest BCUT2D eigenvalue weighted by Crippen LogP contribution is 2.25. The van der Waals surface area contributed by atoms with Crippen molar-refractivity contribution in [3.05, 3.63) is 0 Å². The van der Waals surface area contributed by atoms with Gasteiger partial charge in [0.1, 0.15) is 0 Å². The number of fused-ring (bicyclic) bond motifs is 1. The van der Waals surface area contributed by atoms with Crippen molar-refractivity contribution in [1.82, 2.24) is 15.5 Å². The molecule has 4 heteroatoms. The molecule has 15 heavy (non-hydrogen) atoms. The van der Waals surface area contributed by atoms with Gasteiger partial charge in [0.25, 0.3) is 0 Å². The first-order valence-electron chi connectivity index (χ1n) is 6.04. The van der Waals surface area contributed by atoms with Gasteiger partial charge in [-0.05, 0) is 18.3 Å². The smallest absolute Gasteiger partial charge is 0.317 e. The molecule has 0 unspecified atom stereocenters. The van der Waals surface area contributed by atoms with E-state index in [0.29, 0.717) is 11.8 Å². The summed E-state index contributed by atoms with van der Waals surface area (Å²) in [5.41, 5.74) is 0. The third-order valence-electron chi connectivity index (χ3n) is 3.48. The molecule has 4 nitrogen and oxygen atoms in total. The Morgan fingerprint density at radius 3 is 2.67 bits per heavy atom. The summed E-state index contributed by atoms with van der Waals surface area (Å²) in [7, 11) is 0. The zero-order valence-electron chi connectivity index (χ0n) is 9.46. The van der Waals surface area contributed by atoms with Crippen LogP contribution in [-0.2, 0) is 0 Å². The number of nitrogens with zero attached hydrogens (tertiary/aromatic N) is 1. The fraction of sp³-hybridized carbons (Fsp3) is 0.909. The van der Waals surface area contributed by atoms with Crippen molar-refractivity contribution in [3.63, 3.8) is 0 Å². The molecule has 0 aromatic carbocycles. The summed E-state index contributed by atoms with van der Waals surface area (Å²) in [5.74, 6) is 1.39. The van der Waals surface area contributed by atoms with E-state index in [1.165, 1.54) is 0 Å². The van der Waals surface area contributed by atoms with E-state index in [9.17, 15) is 4.79 Å². The zero-order chi connectivity index (χ0) is 10.7. The SMILES string of the molecule is CCCCNC(=O)N1C[C@H]2CNC[C@H]2C1. The van der Waals surface area contributed by atoms with Crippen molar-refractivity contribution in [1.29, 1.82) is 0 Å². The number of rotatable bonds is 3. The van der Waals surface area contributed by atoms with Crippen LogP contribution in [0.1, 0.15) is 19.8 Å². The van der Waals surface area contributed by atoms with Crippen LogP contribution in [0.15, 0.2) is 0 Å². The highest BCUT2D eigenvalue weighted by Gasteiger charge is 2.37. The van der Waals surface area contributed by atoms with E-state index in [1.54, 1.807) is 0 Å². The zero-order valence-corrected chi connectivity index (χ0v) is 9.46. The first-order valence-corrected chi connectivity index (χ1v) is 6.04. The molecule has 0 aliphatic carbocycles. The average Bonchev–Trinajstić information content (AvgIpc) is 2.76. The van der Waals surface area contributed by atoms with Crippen molar-refractivity contribution in [2.75, 3.05) is 32.7 Å². The maximum atomic E-state index is 11.7. The number of likely N-dealkylation sites (tertiary alicyclic amines) is 1. The van der Waals surface area contributed by atoms with Gasteiger partial charge < -0.3 is 15.5 Å². The first kappa shape index (κ1) is 10.7. The Kier molecular flexibility index (Phi) is 3.46. The van der Waals surface area contributed by atoms with Crippen LogP contribution in [0.25, 0.3) is 0 Å². The van der Waals surface area contributed by atoms with Gasteiger partial charge in [0, 0.05) is 32.7 Å². The molecule has 0 spiro atoms. The molecule has 0 bridgehead atoms. The van der Waals surface area contributed by atoms with Crippen molar-refractivity contribution in [2.24, 2.45) is 11.8 Å². The molecule has 2 fully saturated rings. The molecule has 0 saturated carbocycles. The topological polar surface area (TPSA) is 44.4 Å². The molecule has 86 valence electrons. The number of nitrogens with one attached hydrogen (secondary N) is 2. The van der Waals surface area contributed by atoms with Gasteiger partial charge in [-0.1, -0.05) is 13.3 Å². The summed E-state index contributed by atoms with van der Waals surface area (Å²) in [6.45, 7) is 7.01. The van der Waals surface area contributed by atoms with Gasteiger partial charge in [-0.15, -0.1) is 0 Å². The molecule has 0 aromatic rings. The molecule has 2 heterocycles. The highest BCUT2D eigenvalue weighted by molar-refractivity contribution is 5.74. The quantitative estimate of drug-likeness (QED) is 0.673. The summed E-state index contributed by atoms with van der Waals surface area (Å²) in [5, 5.41) is 6.36. The highest BCUT2D eigenvalue weighted by atomic mass is 16.2. The van der Waals surface area contributed by atoms with Crippen molar-refractivity contribution < 1.29 is 4.79 Å². The van der Waals surface area contributed by atoms with Crippen LogP contribution in [-0.4, -0.2) is 43.7 Å². The molecule has 2 atom stereocenters. The van der Waals surface area contributed by atoms with Crippen molar-refractivity contribution in [3.8, 4) is 0 Å². The second-order valence-corrected chi connectivity index (χ2v) is 4.67. The Morgan fingerprint density at radius 2 is 2.07 bits per heavy atom. The van der Waals surface area contributed by atoms with E-state index < -0.39 is 0 Å². The molecule has 0 aromatic heterocycles. The van der Waals surface area contributed by atoms with Gasteiger partial charge >= 0.3 is 6.03 Å². The monoisotopic (exact) mass is 211 g/mol. The van der Waals surface area contributed by atoms with Crippen LogP contribution in [0.5, 0.6) is 0 Å². The third kappa shape index (κ3) is 2.43. The number of hydrogen-bond acceptors (Lipinski definition) is 2. The van der Waals surface area contributed by atoms with Crippen LogP contribution in [0.2, 0.25) is 0 Å². The first-order chi connectivity index (χ1) is 7.31. The van der Waals surface area contributed by atoms with Crippen LogP contribution in [0, 0.1) is 11.8 Å². The fourth-order valence-corrected chi connectivity index (χ4v) is 2.51. The van der Waals surface area contributed by atoms with E-state index in [0.717, 1.165) is 45.6 Å². The minimum Gasteiger partial charge on any atom is -0.338 e. The second-order valence-electron chi connectivity index (χ2n) is 4.67. The summed E-state index contributed by atoms with van der Waals surface area (Å²) >= 11 is 0. The number of hydrogen-bond donors (Lipinski definition) is 2. The minimum absolute atomic E-state index is 0.137. The largest absolute Gasteiger partial charge is 0.338 e. The van der Waals surface area contributed by atoms with Gasteiger partial charge in [-0.2, -0.15) is 0 Å². The Bertz CT molecular complexity index is 220. The lowest BCUT2D eigenvalue weighted by atomic mass is 10.0. The van der Waals surface area contributed by atoms with E-state index in [1.807, 2.05) is 4.90 Å². The average molecular weight is 211 g/mol. The molecule has 2 N–H and O–H groups in total. The van der Waals surface area contributed by atoms with Crippen molar-refractivity contribution >= 4 is 6.03 Å². The van der Waals surface area contributed by atoms with E-state index in [2.05, 4.69) is 17.6 Å². The summed E-state index contributed by atoms with van der Waals surface area (Å²) in [4.78, 5) is 13.7. The van der Waals surface area contributed by atoms with Gasteiger partial charge in [0.15, 0.2) is 0 Å². The molecule has 2 amide bonds. The number of amides is 2. The summed E-state index contributed by atoms with van der Waals surface area (Å²) < 4.78 is 0. The van der Waals surface area contributed by atoms with Crippen LogP contribution < -0.4 is 10.6 Å². The second kappa shape index (κ2) is 4.84. The Hall–Kier alpha value is -0.770. The number of unbranched alkanes of at least 4 members (excludes halogenated alkanes) is 1. The molecular weight excluding hydrogens is 190 g/mol. The number of urea groups is 1. The predicted octanol–water partition coefficient (Wildman–Crippen LogP) is 0.647. The standard InChI is InChI=1S/C11H21N3O/c1-2-3-4-13-11(15)14-7-9-5-12-6-10(9)8-14/h9-10,12H,2-8H2,1H3,(H,13,15)/t9-,10+. The van der Waals surface area contributed by atoms with E-state index in [-0.39, 0.29) is 6.03 Å².